The van der Waals surface area contributed by atoms with Gasteiger partial charge in [0.1, 0.15) is 15.8 Å². The number of ether oxygens (including phenoxy) is 1. The van der Waals surface area contributed by atoms with Crippen LogP contribution in [0.3, 0.4) is 0 Å². The average Bonchev–Trinajstić information content (AvgIpc) is 2.85. The number of nitrogens with zero attached hydrogens (tertiary/aromatic N) is 2. The van der Waals surface area contributed by atoms with Crippen molar-refractivity contribution in [1.82, 2.24) is 10.2 Å². The molecule has 2 N–H and O–H groups in total. The molecule has 0 saturated carbocycles. The van der Waals surface area contributed by atoms with Crippen molar-refractivity contribution >= 4 is 27.3 Å². The van der Waals surface area contributed by atoms with E-state index < -0.39 is 0 Å². The minimum Gasteiger partial charge on any atom is -0.497 e. The number of benzene rings is 1. The number of hydrogen-bond donors (Lipinski definition) is 1. The Kier molecular flexibility index (Phi) is 4.68. The van der Waals surface area contributed by atoms with Crippen LogP contribution in [0, 0.1) is 0 Å². The smallest absolute Gasteiger partial charge is 0.149 e. The van der Waals surface area contributed by atoms with Crippen LogP contribution in [0.2, 0.25) is 0 Å². The second kappa shape index (κ2) is 6.26. The maximum absolute atomic E-state index is 5.49. The summed E-state index contributed by atoms with van der Waals surface area (Å²) in [6.45, 7) is 0.678. The van der Waals surface area contributed by atoms with E-state index in [1.54, 1.807) is 18.4 Å². The van der Waals surface area contributed by atoms with Crippen LogP contribution in [0.5, 0.6) is 5.75 Å². The highest BCUT2D eigenvalue weighted by molar-refractivity contribution is 9.10. The first-order valence-electron chi connectivity index (χ1n) is 5.61. The van der Waals surface area contributed by atoms with Gasteiger partial charge in [0.2, 0.25) is 0 Å². The van der Waals surface area contributed by atoms with Gasteiger partial charge >= 0.3 is 0 Å². The van der Waals surface area contributed by atoms with Gasteiger partial charge in [-0.15, -0.1) is 10.2 Å². The minimum absolute atomic E-state index is 0.678. The fourth-order valence-electron chi connectivity index (χ4n) is 1.51. The molecule has 0 atom stereocenters. The zero-order chi connectivity index (χ0) is 13.0. The highest BCUT2D eigenvalue weighted by Gasteiger charge is 2.10. The maximum atomic E-state index is 5.49. The monoisotopic (exact) mass is 327 g/mol. The molecule has 0 aliphatic heterocycles. The zero-order valence-electron chi connectivity index (χ0n) is 10.0. The van der Waals surface area contributed by atoms with E-state index in [0.717, 1.165) is 38.6 Å². The van der Waals surface area contributed by atoms with Crippen molar-refractivity contribution in [1.29, 1.82) is 0 Å². The number of aromatic nitrogens is 2. The molecule has 0 amide bonds. The van der Waals surface area contributed by atoms with Crippen molar-refractivity contribution < 1.29 is 4.74 Å². The second-order valence-corrected chi connectivity index (χ2v) is 5.66. The Balaban J connectivity index is 2.27. The summed E-state index contributed by atoms with van der Waals surface area (Å²) in [6, 6.07) is 5.82. The summed E-state index contributed by atoms with van der Waals surface area (Å²) in [6.07, 6.45) is 1.82. The molecule has 0 aliphatic rings. The SMILES string of the molecule is COc1ccc(Br)c(-c2nnc(CCCN)s2)c1. The molecular formula is C12H14BrN3OS. The summed E-state index contributed by atoms with van der Waals surface area (Å²) >= 11 is 5.12. The lowest BCUT2D eigenvalue weighted by Gasteiger charge is -2.03. The lowest BCUT2D eigenvalue weighted by Crippen LogP contribution is -1.99. The van der Waals surface area contributed by atoms with Crippen LogP contribution < -0.4 is 10.5 Å². The molecule has 2 rings (SSSR count). The van der Waals surface area contributed by atoms with Crippen molar-refractivity contribution in [2.24, 2.45) is 5.73 Å². The van der Waals surface area contributed by atoms with Gasteiger partial charge in [-0.1, -0.05) is 27.3 Å². The van der Waals surface area contributed by atoms with Gasteiger partial charge in [-0.3, -0.25) is 0 Å². The third-order valence-electron chi connectivity index (χ3n) is 2.47. The van der Waals surface area contributed by atoms with Gasteiger partial charge in [0.05, 0.1) is 7.11 Å². The van der Waals surface area contributed by atoms with Crippen molar-refractivity contribution in [3.63, 3.8) is 0 Å². The number of halogens is 1. The summed E-state index contributed by atoms with van der Waals surface area (Å²) in [7, 11) is 1.65. The lowest BCUT2D eigenvalue weighted by atomic mass is 10.2. The highest BCUT2D eigenvalue weighted by Crippen LogP contribution is 2.33. The summed E-state index contributed by atoms with van der Waals surface area (Å²) in [5.74, 6) is 0.812. The fraction of sp³-hybridized carbons (Fsp3) is 0.333. The maximum Gasteiger partial charge on any atom is 0.149 e. The predicted molar refractivity (Wildman–Crippen MR) is 77.0 cm³/mol. The molecule has 0 radical (unpaired) electrons. The first-order chi connectivity index (χ1) is 8.74. The largest absolute Gasteiger partial charge is 0.497 e. The molecule has 18 heavy (non-hydrogen) atoms. The topological polar surface area (TPSA) is 61.0 Å². The van der Waals surface area contributed by atoms with Gasteiger partial charge in [-0.25, -0.2) is 0 Å². The molecule has 0 unspecified atom stereocenters. The third-order valence-corrected chi connectivity index (χ3v) is 4.17. The number of nitrogens with two attached hydrogens (primary N) is 1. The Morgan fingerprint density at radius 3 is 2.94 bits per heavy atom. The number of rotatable bonds is 5. The Labute approximate surface area is 118 Å². The van der Waals surface area contributed by atoms with Gasteiger partial charge in [-0.05, 0) is 31.2 Å². The van der Waals surface area contributed by atoms with E-state index in [9.17, 15) is 0 Å². The lowest BCUT2D eigenvalue weighted by molar-refractivity contribution is 0.415. The molecular weight excluding hydrogens is 314 g/mol. The Morgan fingerprint density at radius 1 is 1.39 bits per heavy atom. The quantitative estimate of drug-likeness (QED) is 0.917. The van der Waals surface area contributed by atoms with E-state index >= 15 is 0 Å². The standard InChI is InChI=1S/C12H14BrN3OS/c1-17-8-4-5-10(13)9(7-8)12-16-15-11(18-12)3-2-6-14/h4-5,7H,2-3,6,14H2,1H3. The van der Waals surface area contributed by atoms with E-state index in [0.29, 0.717) is 6.54 Å². The summed E-state index contributed by atoms with van der Waals surface area (Å²) in [4.78, 5) is 0. The van der Waals surface area contributed by atoms with Gasteiger partial charge in [0.25, 0.3) is 0 Å². The van der Waals surface area contributed by atoms with Gasteiger partial charge in [-0.2, -0.15) is 0 Å². The summed E-state index contributed by atoms with van der Waals surface area (Å²) < 4.78 is 6.21. The van der Waals surface area contributed by atoms with Crippen LogP contribution in [0.25, 0.3) is 10.6 Å². The Morgan fingerprint density at radius 2 is 2.22 bits per heavy atom. The van der Waals surface area contributed by atoms with Crippen molar-refractivity contribution in [2.75, 3.05) is 13.7 Å². The van der Waals surface area contributed by atoms with Crippen LogP contribution in [0.1, 0.15) is 11.4 Å². The molecule has 1 heterocycles. The molecule has 4 nitrogen and oxygen atoms in total. The zero-order valence-corrected chi connectivity index (χ0v) is 12.4. The first kappa shape index (κ1) is 13.5. The second-order valence-electron chi connectivity index (χ2n) is 3.74. The molecule has 6 heteroatoms. The number of aryl methyl sites for hydroxylation is 1. The number of hydrogen-bond acceptors (Lipinski definition) is 5. The molecule has 0 bridgehead atoms. The normalized spacial score (nSPS) is 10.6. The van der Waals surface area contributed by atoms with Crippen LogP contribution in [-0.4, -0.2) is 23.9 Å². The van der Waals surface area contributed by atoms with E-state index in [1.807, 2.05) is 18.2 Å². The van der Waals surface area contributed by atoms with E-state index in [1.165, 1.54) is 0 Å². The summed E-state index contributed by atoms with van der Waals surface area (Å²) in [5.41, 5.74) is 6.49. The average molecular weight is 328 g/mol. The molecule has 1 aromatic carbocycles. The number of methoxy groups -OCH3 is 1. The molecule has 0 spiro atoms. The van der Waals surface area contributed by atoms with Crippen molar-refractivity contribution in [3.8, 4) is 16.3 Å². The highest BCUT2D eigenvalue weighted by atomic mass is 79.9. The fourth-order valence-corrected chi connectivity index (χ4v) is 2.99. The molecule has 0 fully saturated rings. The minimum atomic E-state index is 0.678. The molecule has 1 aromatic heterocycles. The summed E-state index contributed by atoms with van der Waals surface area (Å²) in [5, 5.41) is 10.3. The Hall–Kier alpha value is -0.980. The van der Waals surface area contributed by atoms with Gasteiger partial charge < -0.3 is 10.5 Å². The van der Waals surface area contributed by atoms with Crippen LogP contribution in [0.15, 0.2) is 22.7 Å². The van der Waals surface area contributed by atoms with Gasteiger partial charge in [0, 0.05) is 16.5 Å². The molecule has 0 saturated heterocycles. The molecule has 96 valence electrons. The molecule has 2 aromatic rings. The van der Waals surface area contributed by atoms with E-state index in [4.69, 9.17) is 10.5 Å². The van der Waals surface area contributed by atoms with Crippen LogP contribution in [-0.2, 0) is 6.42 Å². The van der Waals surface area contributed by atoms with E-state index in [2.05, 4.69) is 26.1 Å². The van der Waals surface area contributed by atoms with E-state index in [-0.39, 0.29) is 0 Å². The Bertz CT molecular complexity index is 530. The van der Waals surface area contributed by atoms with Crippen LogP contribution >= 0.6 is 27.3 Å². The van der Waals surface area contributed by atoms with Crippen molar-refractivity contribution in [3.05, 3.63) is 27.7 Å². The predicted octanol–water partition coefficient (Wildman–Crippen LogP) is 2.87. The molecule has 0 aliphatic carbocycles. The van der Waals surface area contributed by atoms with Gasteiger partial charge in [0.15, 0.2) is 0 Å². The van der Waals surface area contributed by atoms with Crippen molar-refractivity contribution in [2.45, 2.75) is 12.8 Å². The third kappa shape index (κ3) is 3.07. The first-order valence-corrected chi connectivity index (χ1v) is 7.22. The van der Waals surface area contributed by atoms with Crippen LogP contribution in [0.4, 0.5) is 0 Å².